The minimum absolute atomic E-state index is 0.0427. The Morgan fingerprint density at radius 2 is 2.39 bits per heavy atom. The van der Waals surface area contributed by atoms with Crippen LogP contribution in [0.4, 0.5) is 5.82 Å². The fourth-order valence-electron chi connectivity index (χ4n) is 1.58. The first-order valence-corrected chi connectivity index (χ1v) is 5.24. The number of hydrogen-bond acceptors (Lipinski definition) is 6. The van der Waals surface area contributed by atoms with Crippen LogP contribution in [0.2, 0.25) is 0 Å². The summed E-state index contributed by atoms with van der Waals surface area (Å²) in [5.74, 6) is -0.579. The van der Waals surface area contributed by atoms with Crippen LogP contribution in [0.1, 0.15) is 0 Å². The number of fused-ring (bicyclic) bond motifs is 1. The smallest absolute Gasteiger partial charge is 0.328 e. The summed E-state index contributed by atoms with van der Waals surface area (Å²) in [6.07, 6.45) is 2.95. The molecule has 0 aliphatic rings. The number of nitrogens with one attached hydrogen (secondary N) is 1. The summed E-state index contributed by atoms with van der Waals surface area (Å²) in [7, 11) is 3.19. The average molecular weight is 251 g/mol. The van der Waals surface area contributed by atoms with Crippen LogP contribution in [0.5, 0.6) is 0 Å². The molecule has 0 aliphatic carbocycles. The Labute approximate surface area is 103 Å². The Balaban J connectivity index is 2.33. The molecule has 96 valence electrons. The van der Waals surface area contributed by atoms with Crippen LogP contribution in [0.15, 0.2) is 12.5 Å². The molecule has 2 heterocycles. The van der Waals surface area contributed by atoms with Crippen molar-refractivity contribution in [2.24, 2.45) is 7.05 Å². The Kier molecular flexibility index (Phi) is 3.38. The highest BCUT2D eigenvalue weighted by Crippen LogP contribution is 2.18. The zero-order valence-electron chi connectivity index (χ0n) is 9.99. The lowest BCUT2D eigenvalue weighted by Gasteiger charge is -2.14. The lowest BCUT2D eigenvalue weighted by Crippen LogP contribution is -2.34. The van der Waals surface area contributed by atoms with E-state index in [2.05, 4.69) is 20.4 Å². The maximum absolute atomic E-state index is 11.0. The summed E-state index contributed by atoms with van der Waals surface area (Å²) >= 11 is 0. The molecule has 2 aromatic heterocycles. The molecule has 1 atom stereocenters. The summed E-state index contributed by atoms with van der Waals surface area (Å²) in [6, 6.07) is -0.867. The lowest BCUT2D eigenvalue weighted by atomic mass is 10.3. The maximum Gasteiger partial charge on any atom is 0.328 e. The highest BCUT2D eigenvalue weighted by Gasteiger charge is 2.19. The largest absolute Gasteiger partial charge is 0.480 e. The molecule has 0 aliphatic heterocycles. The van der Waals surface area contributed by atoms with Crippen molar-refractivity contribution in [3.05, 3.63) is 12.5 Å². The van der Waals surface area contributed by atoms with Gasteiger partial charge in [-0.05, 0) is 0 Å². The van der Waals surface area contributed by atoms with E-state index in [0.717, 1.165) is 0 Å². The van der Waals surface area contributed by atoms with Crippen LogP contribution in [0.25, 0.3) is 11.0 Å². The van der Waals surface area contributed by atoms with Crippen LogP contribution in [0, 0.1) is 0 Å². The van der Waals surface area contributed by atoms with Crippen molar-refractivity contribution in [2.45, 2.75) is 6.04 Å². The quantitative estimate of drug-likeness (QED) is 0.763. The molecule has 2 aromatic rings. The molecule has 0 amide bonds. The average Bonchev–Trinajstić information content (AvgIpc) is 2.72. The van der Waals surface area contributed by atoms with Crippen LogP contribution in [0.3, 0.4) is 0 Å². The van der Waals surface area contributed by atoms with Crippen LogP contribution >= 0.6 is 0 Å². The molecule has 8 nitrogen and oxygen atoms in total. The van der Waals surface area contributed by atoms with E-state index in [1.54, 1.807) is 17.9 Å². The molecule has 0 aromatic carbocycles. The number of carboxylic acids is 1. The van der Waals surface area contributed by atoms with Crippen molar-refractivity contribution in [1.82, 2.24) is 19.7 Å². The number of carbonyl (C=O) groups is 1. The van der Waals surface area contributed by atoms with Gasteiger partial charge in [0.2, 0.25) is 0 Å². The van der Waals surface area contributed by atoms with E-state index in [0.29, 0.717) is 16.9 Å². The van der Waals surface area contributed by atoms with Gasteiger partial charge in [-0.15, -0.1) is 0 Å². The molecule has 0 fully saturated rings. The number of aryl methyl sites for hydroxylation is 1. The Morgan fingerprint density at radius 3 is 3.06 bits per heavy atom. The van der Waals surface area contributed by atoms with Gasteiger partial charge < -0.3 is 15.2 Å². The van der Waals surface area contributed by atoms with E-state index in [9.17, 15) is 4.79 Å². The number of rotatable bonds is 5. The minimum atomic E-state index is -1.01. The summed E-state index contributed by atoms with van der Waals surface area (Å²) in [4.78, 5) is 19.1. The van der Waals surface area contributed by atoms with Crippen molar-refractivity contribution >= 4 is 22.8 Å². The first-order valence-electron chi connectivity index (χ1n) is 5.24. The molecule has 0 saturated heterocycles. The van der Waals surface area contributed by atoms with E-state index >= 15 is 0 Å². The highest BCUT2D eigenvalue weighted by molar-refractivity contribution is 5.88. The standard InChI is InChI=1S/C10H13N5O3/c1-15-9-6(3-13-15)8(11-5-12-9)14-7(4-18-2)10(16)17/h3,5,7H,4H2,1-2H3,(H,16,17)(H,11,12,14). The number of carboxylic acid groups (broad SMARTS) is 1. The van der Waals surface area contributed by atoms with E-state index in [-0.39, 0.29) is 6.61 Å². The normalized spacial score (nSPS) is 12.6. The third-order valence-corrected chi connectivity index (χ3v) is 2.47. The fourth-order valence-corrected chi connectivity index (χ4v) is 1.58. The number of anilines is 1. The van der Waals surface area contributed by atoms with Crippen LogP contribution in [-0.2, 0) is 16.6 Å². The second-order valence-electron chi connectivity index (χ2n) is 3.72. The van der Waals surface area contributed by atoms with Crippen molar-refractivity contribution in [1.29, 1.82) is 0 Å². The predicted octanol–water partition coefficient (Wildman–Crippen LogP) is -0.125. The van der Waals surface area contributed by atoms with Crippen molar-refractivity contribution < 1.29 is 14.6 Å². The minimum Gasteiger partial charge on any atom is -0.480 e. The van der Waals surface area contributed by atoms with E-state index in [1.165, 1.54) is 13.4 Å². The number of aliphatic carboxylic acids is 1. The highest BCUT2D eigenvalue weighted by atomic mass is 16.5. The second kappa shape index (κ2) is 4.96. The molecular weight excluding hydrogens is 238 g/mol. The molecule has 8 heteroatoms. The second-order valence-corrected chi connectivity index (χ2v) is 3.72. The predicted molar refractivity (Wildman–Crippen MR) is 63.2 cm³/mol. The van der Waals surface area contributed by atoms with Crippen LogP contribution in [-0.4, -0.2) is 50.6 Å². The monoisotopic (exact) mass is 251 g/mol. The molecule has 0 bridgehead atoms. The van der Waals surface area contributed by atoms with Gasteiger partial charge in [0.05, 0.1) is 18.2 Å². The third-order valence-electron chi connectivity index (χ3n) is 2.47. The molecule has 2 N–H and O–H groups in total. The molecule has 1 unspecified atom stereocenters. The lowest BCUT2D eigenvalue weighted by molar-refractivity contribution is -0.139. The van der Waals surface area contributed by atoms with Crippen molar-refractivity contribution in [2.75, 3.05) is 19.0 Å². The first kappa shape index (κ1) is 12.2. The summed E-state index contributed by atoms with van der Waals surface area (Å²) < 4.78 is 6.44. The van der Waals surface area contributed by atoms with Gasteiger partial charge in [0, 0.05) is 14.2 Å². The summed E-state index contributed by atoms with van der Waals surface area (Å²) in [5.41, 5.74) is 0.633. The van der Waals surface area contributed by atoms with Gasteiger partial charge in [-0.1, -0.05) is 0 Å². The van der Waals surface area contributed by atoms with E-state index < -0.39 is 12.0 Å². The molecule has 2 rings (SSSR count). The molecule has 0 spiro atoms. The van der Waals surface area contributed by atoms with Gasteiger partial charge in [-0.25, -0.2) is 14.8 Å². The van der Waals surface area contributed by atoms with Gasteiger partial charge in [-0.3, -0.25) is 4.68 Å². The number of methoxy groups -OCH3 is 1. The maximum atomic E-state index is 11.0. The van der Waals surface area contributed by atoms with E-state index in [4.69, 9.17) is 9.84 Å². The number of nitrogens with zero attached hydrogens (tertiary/aromatic N) is 4. The zero-order valence-corrected chi connectivity index (χ0v) is 9.99. The number of ether oxygens (including phenoxy) is 1. The molecule has 0 radical (unpaired) electrons. The van der Waals surface area contributed by atoms with Crippen molar-refractivity contribution in [3.8, 4) is 0 Å². The number of hydrogen-bond donors (Lipinski definition) is 2. The third kappa shape index (κ3) is 2.23. The van der Waals surface area contributed by atoms with Gasteiger partial charge >= 0.3 is 5.97 Å². The van der Waals surface area contributed by atoms with E-state index in [1.807, 2.05) is 0 Å². The Bertz CT molecular complexity index is 568. The van der Waals surface area contributed by atoms with Gasteiger partial charge in [-0.2, -0.15) is 5.10 Å². The van der Waals surface area contributed by atoms with Gasteiger partial charge in [0.15, 0.2) is 5.65 Å². The first-order chi connectivity index (χ1) is 8.63. The Hall–Kier alpha value is -2.22. The SMILES string of the molecule is COCC(Nc1ncnc2c1cnn2C)C(=O)O. The molecule has 0 saturated carbocycles. The summed E-state index contributed by atoms with van der Waals surface area (Å²) in [6.45, 7) is 0.0427. The van der Waals surface area contributed by atoms with Gasteiger partial charge in [0.1, 0.15) is 18.2 Å². The fraction of sp³-hybridized carbons (Fsp3) is 0.400. The van der Waals surface area contributed by atoms with Crippen LogP contribution < -0.4 is 5.32 Å². The van der Waals surface area contributed by atoms with Gasteiger partial charge in [0.25, 0.3) is 0 Å². The zero-order chi connectivity index (χ0) is 13.1. The summed E-state index contributed by atoms with van der Waals surface area (Å²) in [5, 5.41) is 16.6. The number of aromatic nitrogens is 4. The topological polar surface area (TPSA) is 102 Å². The Morgan fingerprint density at radius 1 is 1.61 bits per heavy atom. The molecule has 18 heavy (non-hydrogen) atoms. The van der Waals surface area contributed by atoms with Crippen molar-refractivity contribution in [3.63, 3.8) is 0 Å². The molecular formula is C10H13N5O3.